The number of furan rings is 1. The molecule has 0 atom stereocenters. The molecular weight excluding hydrogens is 294 g/mol. The Labute approximate surface area is 134 Å². The third-order valence-corrected chi connectivity index (χ3v) is 3.34. The summed E-state index contributed by atoms with van der Waals surface area (Å²) in [6.07, 6.45) is 4.34. The summed E-state index contributed by atoms with van der Waals surface area (Å²) in [6.45, 7) is 4.00. The molecule has 0 saturated heterocycles. The van der Waals surface area contributed by atoms with Crippen LogP contribution < -0.4 is 10.7 Å². The summed E-state index contributed by atoms with van der Waals surface area (Å²) >= 11 is 0. The number of hydrogen-bond donors (Lipinski definition) is 2. The number of aryl methyl sites for hydroxylation is 2. The Balaban J connectivity index is 2.02. The van der Waals surface area contributed by atoms with Crippen molar-refractivity contribution in [3.05, 3.63) is 53.5 Å². The number of amides is 2. The second kappa shape index (κ2) is 7.93. The maximum Gasteiger partial charge on any atom is 0.329 e. The first kappa shape index (κ1) is 16.5. The van der Waals surface area contributed by atoms with E-state index in [1.807, 2.05) is 32.0 Å². The average molecular weight is 313 g/mol. The Hall–Kier alpha value is -2.89. The normalized spacial score (nSPS) is 10.7. The van der Waals surface area contributed by atoms with Crippen LogP contribution in [-0.2, 0) is 22.4 Å². The number of nitrogens with zero attached hydrogens (tertiary/aromatic N) is 1. The molecular formula is C17H19N3O3. The van der Waals surface area contributed by atoms with Crippen molar-refractivity contribution in [2.24, 2.45) is 5.10 Å². The van der Waals surface area contributed by atoms with Crippen molar-refractivity contribution >= 4 is 23.7 Å². The highest BCUT2D eigenvalue weighted by Crippen LogP contribution is 2.22. The number of hydrazone groups is 1. The third kappa shape index (κ3) is 4.29. The van der Waals surface area contributed by atoms with Gasteiger partial charge in [-0.2, -0.15) is 5.10 Å². The molecule has 120 valence electrons. The van der Waals surface area contributed by atoms with E-state index in [-0.39, 0.29) is 0 Å². The van der Waals surface area contributed by atoms with Crippen molar-refractivity contribution in [1.82, 2.24) is 5.43 Å². The zero-order valence-electron chi connectivity index (χ0n) is 13.1. The molecule has 0 aliphatic carbocycles. The van der Waals surface area contributed by atoms with Crippen LogP contribution in [0.5, 0.6) is 0 Å². The third-order valence-electron chi connectivity index (χ3n) is 3.34. The highest BCUT2D eigenvalue weighted by Gasteiger charge is 2.16. The SMILES string of the molecule is CCc1cccc(CC)c1NC(=O)C(=O)N/N=C\c1ccco1. The van der Waals surface area contributed by atoms with Gasteiger partial charge in [0.25, 0.3) is 0 Å². The van der Waals surface area contributed by atoms with Crippen molar-refractivity contribution in [1.29, 1.82) is 0 Å². The predicted molar refractivity (Wildman–Crippen MR) is 88.3 cm³/mol. The van der Waals surface area contributed by atoms with E-state index in [9.17, 15) is 9.59 Å². The summed E-state index contributed by atoms with van der Waals surface area (Å²) in [4.78, 5) is 23.8. The van der Waals surface area contributed by atoms with Crippen LogP contribution in [0.1, 0.15) is 30.7 Å². The number of hydrogen-bond acceptors (Lipinski definition) is 4. The Morgan fingerprint density at radius 1 is 1.09 bits per heavy atom. The fourth-order valence-corrected chi connectivity index (χ4v) is 2.14. The minimum atomic E-state index is -0.833. The van der Waals surface area contributed by atoms with Gasteiger partial charge in [0.2, 0.25) is 0 Å². The van der Waals surface area contributed by atoms with E-state index in [2.05, 4.69) is 15.8 Å². The Morgan fingerprint density at radius 2 is 1.78 bits per heavy atom. The molecule has 0 radical (unpaired) electrons. The summed E-state index contributed by atoms with van der Waals surface area (Å²) in [5.41, 5.74) is 4.86. The van der Waals surface area contributed by atoms with Gasteiger partial charge in [-0.3, -0.25) is 9.59 Å². The van der Waals surface area contributed by atoms with Crippen LogP contribution in [0.25, 0.3) is 0 Å². The van der Waals surface area contributed by atoms with Gasteiger partial charge in [-0.05, 0) is 36.1 Å². The Kier molecular flexibility index (Phi) is 5.68. The minimum Gasteiger partial charge on any atom is -0.463 e. The molecule has 0 fully saturated rings. The lowest BCUT2D eigenvalue weighted by Crippen LogP contribution is -2.33. The molecule has 0 unspecified atom stereocenters. The van der Waals surface area contributed by atoms with Crippen LogP contribution in [0, 0.1) is 0 Å². The van der Waals surface area contributed by atoms with Crippen LogP contribution in [0.2, 0.25) is 0 Å². The molecule has 6 nitrogen and oxygen atoms in total. The number of carbonyl (C=O) groups excluding carboxylic acids is 2. The summed E-state index contributed by atoms with van der Waals surface area (Å²) in [5.74, 6) is -1.10. The molecule has 0 aliphatic heterocycles. The second-order valence-corrected chi connectivity index (χ2v) is 4.83. The van der Waals surface area contributed by atoms with E-state index in [1.54, 1.807) is 12.1 Å². The van der Waals surface area contributed by atoms with Crippen LogP contribution in [0.3, 0.4) is 0 Å². The molecule has 0 bridgehead atoms. The largest absolute Gasteiger partial charge is 0.463 e. The fourth-order valence-electron chi connectivity index (χ4n) is 2.14. The maximum atomic E-state index is 12.0. The lowest BCUT2D eigenvalue weighted by molar-refractivity contribution is -0.136. The molecule has 0 spiro atoms. The van der Waals surface area contributed by atoms with Gasteiger partial charge >= 0.3 is 11.8 Å². The fraction of sp³-hybridized carbons (Fsp3) is 0.235. The Morgan fingerprint density at radius 3 is 2.35 bits per heavy atom. The molecule has 23 heavy (non-hydrogen) atoms. The molecule has 2 aromatic rings. The first-order valence-corrected chi connectivity index (χ1v) is 7.44. The average Bonchev–Trinajstić information content (AvgIpc) is 3.08. The molecule has 2 N–H and O–H groups in total. The number of carbonyl (C=O) groups is 2. The minimum absolute atomic E-state index is 0.482. The molecule has 0 saturated carbocycles. The summed E-state index contributed by atoms with van der Waals surface area (Å²) < 4.78 is 5.03. The molecule has 6 heteroatoms. The number of rotatable bonds is 5. The van der Waals surface area contributed by atoms with Gasteiger partial charge < -0.3 is 9.73 Å². The number of nitrogens with one attached hydrogen (secondary N) is 2. The second-order valence-electron chi connectivity index (χ2n) is 4.83. The quantitative estimate of drug-likeness (QED) is 0.505. The van der Waals surface area contributed by atoms with Crippen molar-refractivity contribution in [2.75, 3.05) is 5.32 Å². The highest BCUT2D eigenvalue weighted by molar-refractivity contribution is 6.39. The zero-order valence-corrected chi connectivity index (χ0v) is 13.1. The van der Waals surface area contributed by atoms with Crippen LogP contribution in [0.4, 0.5) is 5.69 Å². The Bertz CT molecular complexity index is 684. The molecule has 1 heterocycles. The van der Waals surface area contributed by atoms with E-state index in [0.29, 0.717) is 11.4 Å². The van der Waals surface area contributed by atoms with E-state index in [0.717, 1.165) is 24.0 Å². The lowest BCUT2D eigenvalue weighted by Gasteiger charge is -2.13. The molecule has 2 rings (SSSR count). The van der Waals surface area contributed by atoms with E-state index >= 15 is 0 Å². The molecule has 1 aromatic heterocycles. The van der Waals surface area contributed by atoms with Crippen LogP contribution >= 0.6 is 0 Å². The molecule has 2 amide bonds. The summed E-state index contributed by atoms with van der Waals surface area (Å²) in [7, 11) is 0. The van der Waals surface area contributed by atoms with Gasteiger partial charge in [-0.1, -0.05) is 32.0 Å². The lowest BCUT2D eigenvalue weighted by atomic mass is 10.0. The van der Waals surface area contributed by atoms with Gasteiger partial charge in [0.05, 0.1) is 12.5 Å². The predicted octanol–water partition coefficient (Wildman–Crippen LogP) is 2.49. The number of benzene rings is 1. The van der Waals surface area contributed by atoms with Crippen molar-refractivity contribution < 1.29 is 14.0 Å². The summed E-state index contributed by atoms with van der Waals surface area (Å²) in [5, 5.41) is 6.36. The van der Waals surface area contributed by atoms with Gasteiger partial charge in [0.1, 0.15) is 5.76 Å². The smallest absolute Gasteiger partial charge is 0.329 e. The summed E-state index contributed by atoms with van der Waals surface area (Å²) in [6, 6.07) is 9.19. The van der Waals surface area contributed by atoms with Crippen molar-refractivity contribution in [3.63, 3.8) is 0 Å². The van der Waals surface area contributed by atoms with Crippen molar-refractivity contribution in [3.8, 4) is 0 Å². The first-order valence-electron chi connectivity index (χ1n) is 7.44. The number of para-hydroxylation sites is 1. The van der Waals surface area contributed by atoms with Gasteiger partial charge in [-0.15, -0.1) is 0 Å². The van der Waals surface area contributed by atoms with Gasteiger partial charge in [0, 0.05) is 5.69 Å². The van der Waals surface area contributed by atoms with E-state index in [1.165, 1.54) is 12.5 Å². The standard InChI is InChI=1S/C17H19N3O3/c1-3-12-7-5-8-13(4-2)15(12)19-16(21)17(22)20-18-11-14-9-6-10-23-14/h5-11H,3-4H2,1-2H3,(H,19,21)(H,20,22)/b18-11-. The van der Waals surface area contributed by atoms with E-state index in [4.69, 9.17) is 4.42 Å². The van der Waals surface area contributed by atoms with Crippen LogP contribution in [-0.4, -0.2) is 18.0 Å². The zero-order chi connectivity index (χ0) is 16.7. The monoisotopic (exact) mass is 313 g/mol. The molecule has 1 aromatic carbocycles. The van der Waals surface area contributed by atoms with Gasteiger partial charge in [-0.25, -0.2) is 5.43 Å². The first-order chi connectivity index (χ1) is 11.2. The highest BCUT2D eigenvalue weighted by atomic mass is 16.3. The van der Waals surface area contributed by atoms with Gasteiger partial charge in [0.15, 0.2) is 0 Å². The van der Waals surface area contributed by atoms with Crippen LogP contribution in [0.15, 0.2) is 46.1 Å². The number of anilines is 1. The van der Waals surface area contributed by atoms with Crippen molar-refractivity contribution in [2.45, 2.75) is 26.7 Å². The maximum absolute atomic E-state index is 12.0. The van der Waals surface area contributed by atoms with E-state index < -0.39 is 11.8 Å². The topological polar surface area (TPSA) is 83.7 Å². The molecule has 0 aliphatic rings.